The Kier molecular flexibility index (Phi) is 6.57. The molecule has 0 spiro atoms. The average Bonchev–Trinajstić information content (AvgIpc) is 1.96. The number of nitrogens with two attached hydrogens (primary N) is 2. The van der Waals surface area contributed by atoms with Crippen LogP contribution in [0.25, 0.3) is 0 Å². The molecule has 0 aromatic heterocycles. The van der Waals surface area contributed by atoms with Gasteiger partial charge in [-0.3, -0.25) is 0 Å². The van der Waals surface area contributed by atoms with Gasteiger partial charge in [0.25, 0.3) is 0 Å². The van der Waals surface area contributed by atoms with Gasteiger partial charge in [-0.05, 0) is 18.0 Å². The summed E-state index contributed by atoms with van der Waals surface area (Å²) in [5.74, 6) is -0.0134. The first-order chi connectivity index (χ1) is 5.27. The van der Waals surface area contributed by atoms with Crippen LogP contribution in [0.4, 0.5) is 0 Å². The lowest BCUT2D eigenvalue weighted by Crippen LogP contribution is -2.22. The van der Waals surface area contributed by atoms with E-state index in [0.29, 0.717) is 6.61 Å². The Morgan fingerprint density at radius 1 is 1.27 bits per heavy atom. The SMILES string of the molecule is CCCCCCON=C(N)N. The van der Waals surface area contributed by atoms with Crippen molar-refractivity contribution in [3.63, 3.8) is 0 Å². The summed E-state index contributed by atoms with van der Waals surface area (Å²) < 4.78 is 0. The van der Waals surface area contributed by atoms with Crippen LogP contribution in [0.2, 0.25) is 0 Å². The lowest BCUT2D eigenvalue weighted by molar-refractivity contribution is 0.139. The van der Waals surface area contributed by atoms with Gasteiger partial charge < -0.3 is 16.3 Å². The van der Waals surface area contributed by atoms with Crippen LogP contribution in [-0.4, -0.2) is 12.6 Å². The third kappa shape index (κ3) is 9.07. The summed E-state index contributed by atoms with van der Waals surface area (Å²) >= 11 is 0. The zero-order valence-corrected chi connectivity index (χ0v) is 7.05. The van der Waals surface area contributed by atoms with Crippen molar-refractivity contribution in [3.8, 4) is 0 Å². The number of oxime groups is 1. The summed E-state index contributed by atoms with van der Waals surface area (Å²) in [5, 5.41) is 3.39. The van der Waals surface area contributed by atoms with Gasteiger partial charge in [0, 0.05) is 0 Å². The first-order valence-electron chi connectivity index (χ1n) is 3.98. The van der Waals surface area contributed by atoms with Gasteiger partial charge in [0.1, 0.15) is 6.61 Å². The van der Waals surface area contributed by atoms with Crippen LogP contribution in [0.3, 0.4) is 0 Å². The molecule has 0 unspecified atom stereocenters. The molecule has 0 saturated heterocycles. The van der Waals surface area contributed by atoms with Gasteiger partial charge in [-0.15, -0.1) is 0 Å². The number of nitrogens with zero attached hydrogens (tertiary/aromatic N) is 1. The van der Waals surface area contributed by atoms with Gasteiger partial charge in [0.2, 0.25) is 5.96 Å². The van der Waals surface area contributed by atoms with E-state index in [1.165, 1.54) is 19.3 Å². The second-order valence-electron chi connectivity index (χ2n) is 2.41. The quantitative estimate of drug-likeness (QED) is 0.260. The number of hydrogen-bond donors (Lipinski definition) is 2. The summed E-state index contributed by atoms with van der Waals surface area (Å²) in [6.45, 7) is 2.77. The average molecular weight is 159 g/mol. The molecule has 0 radical (unpaired) electrons. The second kappa shape index (κ2) is 7.18. The van der Waals surface area contributed by atoms with Gasteiger partial charge in [-0.1, -0.05) is 19.8 Å². The maximum atomic E-state index is 5.04. The summed E-state index contributed by atoms with van der Waals surface area (Å²) in [4.78, 5) is 4.78. The third-order valence-corrected chi connectivity index (χ3v) is 1.26. The molecule has 0 aliphatic rings. The van der Waals surface area contributed by atoms with Crippen molar-refractivity contribution in [2.45, 2.75) is 32.6 Å². The first-order valence-corrected chi connectivity index (χ1v) is 3.98. The Hall–Kier alpha value is -0.930. The minimum absolute atomic E-state index is 0.0134. The molecule has 0 atom stereocenters. The van der Waals surface area contributed by atoms with Crippen LogP contribution in [-0.2, 0) is 4.84 Å². The van der Waals surface area contributed by atoms with Crippen molar-refractivity contribution in [2.24, 2.45) is 16.6 Å². The highest BCUT2D eigenvalue weighted by Crippen LogP contribution is 1.98. The van der Waals surface area contributed by atoms with E-state index >= 15 is 0 Å². The van der Waals surface area contributed by atoms with Crippen LogP contribution in [0.5, 0.6) is 0 Å². The van der Waals surface area contributed by atoms with Crippen molar-refractivity contribution >= 4 is 5.96 Å². The Bertz CT molecular complexity index is 110. The van der Waals surface area contributed by atoms with E-state index in [1.807, 2.05) is 0 Å². The Labute approximate surface area is 67.6 Å². The molecule has 0 amide bonds. The fraction of sp³-hybridized carbons (Fsp3) is 0.857. The normalized spacial score (nSPS) is 9.18. The highest BCUT2D eigenvalue weighted by Gasteiger charge is 1.87. The topological polar surface area (TPSA) is 73.6 Å². The molecule has 0 saturated carbocycles. The first kappa shape index (κ1) is 10.1. The minimum atomic E-state index is -0.0134. The van der Waals surface area contributed by atoms with E-state index in [1.54, 1.807) is 0 Å². The number of unbranched alkanes of at least 4 members (excludes halogenated alkanes) is 3. The van der Waals surface area contributed by atoms with Gasteiger partial charge >= 0.3 is 0 Å². The number of guanidine groups is 1. The fourth-order valence-corrected chi connectivity index (χ4v) is 0.714. The van der Waals surface area contributed by atoms with E-state index in [2.05, 4.69) is 12.1 Å². The molecule has 66 valence electrons. The molecule has 0 aromatic carbocycles. The lowest BCUT2D eigenvalue weighted by atomic mass is 10.2. The van der Waals surface area contributed by atoms with E-state index < -0.39 is 0 Å². The molecule has 0 bridgehead atoms. The molecule has 0 heterocycles. The Balaban J connectivity index is 2.97. The predicted octanol–water partition coefficient (Wildman–Crippen LogP) is 0.772. The summed E-state index contributed by atoms with van der Waals surface area (Å²) in [7, 11) is 0. The van der Waals surface area contributed by atoms with E-state index in [-0.39, 0.29) is 5.96 Å². The largest absolute Gasteiger partial charge is 0.393 e. The highest BCUT2D eigenvalue weighted by atomic mass is 16.6. The molecule has 0 fully saturated rings. The van der Waals surface area contributed by atoms with Crippen molar-refractivity contribution in [2.75, 3.05) is 6.61 Å². The molecule has 11 heavy (non-hydrogen) atoms. The predicted molar refractivity (Wildman–Crippen MR) is 45.9 cm³/mol. The number of hydrogen-bond acceptors (Lipinski definition) is 2. The second-order valence-corrected chi connectivity index (χ2v) is 2.41. The van der Waals surface area contributed by atoms with Crippen LogP contribution < -0.4 is 11.5 Å². The molecule has 4 heteroatoms. The van der Waals surface area contributed by atoms with Crippen LogP contribution in [0.1, 0.15) is 32.6 Å². The molecular weight excluding hydrogens is 142 g/mol. The van der Waals surface area contributed by atoms with Crippen LogP contribution in [0.15, 0.2) is 5.16 Å². The van der Waals surface area contributed by atoms with Crippen LogP contribution in [0, 0.1) is 0 Å². The molecule has 0 aliphatic heterocycles. The zero-order chi connectivity index (χ0) is 8.53. The smallest absolute Gasteiger partial charge is 0.228 e. The maximum Gasteiger partial charge on any atom is 0.228 e. The lowest BCUT2D eigenvalue weighted by Gasteiger charge is -1.98. The molecule has 4 nitrogen and oxygen atoms in total. The van der Waals surface area contributed by atoms with Gasteiger partial charge in [-0.25, -0.2) is 0 Å². The van der Waals surface area contributed by atoms with Crippen molar-refractivity contribution < 1.29 is 4.84 Å². The third-order valence-electron chi connectivity index (χ3n) is 1.26. The van der Waals surface area contributed by atoms with E-state index in [0.717, 1.165) is 6.42 Å². The van der Waals surface area contributed by atoms with Gasteiger partial charge in [0.15, 0.2) is 0 Å². The minimum Gasteiger partial charge on any atom is -0.393 e. The zero-order valence-electron chi connectivity index (χ0n) is 7.05. The summed E-state index contributed by atoms with van der Waals surface area (Å²) in [6, 6.07) is 0. The molecular formula is C7H17N3O. The number of rotatable bonds is 6. The van der Waals surface area contributed by atoms with Gasteiger partial charge in [-0.2, -0.15) is 0 Å². The van der Waals surface area contributed by atoms with Gasteiger partial charge in [0.05, 0.1) is 0 Å². The highest BCUT2D eigenvalue weighted by molar-refractivity contribution is 5.74. The molecule has 0 aromatic rings. The molecule has 0 rings (SSSR count). The van der Waals surface area contributed by atoms with Crippen molar-refractivity contribution in [1.82, 2.24) is 0 Å². The van der Waals surface area contributed by atoms with E-state index in [9.17, 15) is 0 Å². The summed E-state index contributed by atoms with van der Waals surface area (Å²) in [6.07, 6.45) is 4.66. The Morgan fingerprint density at radius 3 is 2.55 bits per heavy atom. The maximum absolute atomic E-state index is 5.04. The summed E-state index contributed by atoms with van der Waals surface area (Å²) in [5.41, 5.74) is 10.1. The van der Waals surface area contributed by atoms with E-state index in [4.69, 9.17) is 16.3 Å². The molecule has 0 aliphatic carbocycles. The van der Waals surface area contributed by atoms with Crippen LogP contribution >= 0.6 is 0 Å². The molecule has 4 N–H and O–H groups in total. The fourth-order valence-electron chi connectivity index (χ4n) is 0.714. The monoisotopic (exact) mass is 159 g/mol. The van der Waals surface area contributed by atoms with Crippen molar-refractivity contribution in [3.05, 3.63) is 0 Å². The van der Waals surface area contributed by atoms with Crippen molar-refractivity contribution in [1.29, 1.82) is 0 Å². The standard InChI is InChI=1S/C7H17N3O/c1-2-3-4-5-6-11-10-7(8)9/h2-6H2,1H3,(H4,8,9,10). The Morgan fingerprint density at radius 2 is 2.00 bits per heavy atom.